The van der Waals surface area contributed by atoms with Crippen LogP contribution in [0.4, 0.5) is 5.00 Å². The first-order valence-corrected chi connectivity index (χ1v) is 11.5. The lowest BCUT2D eigenvalue weighted by atomic mass is 10.1. The summed E-state index contributed by atoms with van der Waals surface area (Å²) in [6.07, 6.45) is 0. The van der Waals surface area contributed by atoms with Crippen LogP contribution in [0.25, 0.3) is 21.3 Å². The Kier molecular flexibility index (Phi) is 6.58. The van der Waals surface area contributed by atoms with Crippen LogP contribution in [-0.2, 0) is 14.3 Å². The molecule has 0 aliphatic rings. The Labute approximate surface area is 191 Å². The largest absolute Gasteiger partial charge is 0.462 e. The molecule has 0 saturated carbocycles. The maximum Gasteiger partial charge on any atom is 0.357 e. The molecule has 7 nitrogen and oxygen atoms in total. The molecule has 3 aromatic heterocycles. The van der Waals surface area contributed by atoms with Crippen molar-refractivity contribution in [2.45, 2.75) is 6.92 Å². The molecule has 0 atom stereocenters. The van der Waals surface area contributed by atoms with E-state index in [1.54, 1.807) is 30.5 Å². The van der Waals surface area contributed by atoms with Crippen molar-refractivity contribution in [2.24, 2.45) is 0 Å². The van der Waals surface area contributed by atoms with Crippen molar-refractivity contribution in [2.75, 3.05) is 18.5 Å². The summed E-state index contributed by atoms with van der Waals surface area (Å²) in [5.41, 5.74) is 1.75. The number of para-hydroxylation sites is 1. The first kappa shape index (κ1) is 21.7. The maximum atomic E-state index is 12.5. The van der Waals surface area contributed by atoms with Gasteiger partial charge in [0, 0.05) is 21.2 Å². The first-order valence-electron chi connectivity index (χ1n) is 9.72. The zero-order chi connectivity index (χ0) is 22.5. The van der Waals surface area contributed by atoms with Gasteiger partial charge in [0.05, 0.1) is 12.1 Å². The van der Waals surface area contributed by atoms with Crippen LogP contribution in [0.1, 0.15) is 27.8 Å². The van der Waals surface area contributed by atoms with Crippen LogP contribution < -0.4 is 5.32 Å². The fourth-order valence-electron chi connectivity index (χ4n) is 3.02. The number of carbonyl (C=O) groups is 3. The summed E-state index contributed by atoms with van der Waals surface area (Å²) in [5.74, 6) is -1.80. The number of carbonyl (C=O) groups excluding carboxylic acids is 3. The molecule has 0 unspecified atom stereocenters. The molecule has 9 heteroatoms. The molecular formula is C23H18N2O5S2. The topological polar surface area (TPSA) is 94.6 Å². The molecule has 1 aromatic carbocycles. The van der Waals surface area contributed by atoms with Crippen molar-refractivity contribution in [3.63, 3.8) is 0 Å². The van der Waals surface area contributed by atoms with Crippen molar-refractivity contribution in [3.8, 4) is 10.4 Å². The third kappa shape index (κ3) is 4.68. The Morgan fingerprint density at radius 2 is 1.81 bits per heavy atom. The molecule has 0 fully saturated rings. The number of nitrogens with zero attached hydrogens (tertiary/aromatic N) is 1. The van der Waals surface area contributed by atoms with E-state index in [0.29, 0.717) is 16.1 Å². The monoisotopic (exact) mass is 466 g/mol. The van der Waals surface area contributed by atoms with Gasteiger partial charge in [-0.15, -0.1) is 22.7 Å². The highest BCUT2D eigenvalue weighted by Gasteiger charge is 2.23. The fourth-order valence-corrected chi connectivity index (χ4v) is 4.80. The van der Waals surface area contributed by atoms with Crippen molar-refractivity contribution in [3.05, 3.63) is 70.5 Å². The molecule has 32 heavy (non-hydrogen) atoms. The van der Waals surface area contributed by atoms with Gasteiger partial charge in [0.15, 0.2) is 6.61 Å². The zero-order valence-corrected chi connectivity index (χ0v) is 18.6. The van der Waals surface area contributed by atoms with E-state index in [4.69, 9.17) is 9.47 Å². The third-order valence-corrected chi connectivity index (χ3v) is 6.25. The molecule has 0 radical (unpaired) electrons. The number of anilines is 1. The van der Waals surface area contributed by atoms with Crippen LogP contribution in [-0.4, -0.2) is 36.0 Å². The Morgan fingerprint density at radius 3 is 2.59 bits per heavy atom. The minimum absolute atomic E-state index is 0.111. The number of rotatable bonds is 7. The van der Waals surface area contributed by atoms with E-state index >= 15 is 0 Å². The Hall–Kier alpha value is -3.56. The Bertz CT molecular complexity index is 1280. The minimum Gasteiger partial charge on any atom is -0.462 e. The van der Waals surface area contributed by atoms with E-state index in [-0.39, 0.29) is 17.9 Å². The van der Waals surface area contributed by atoms with E-state index in [2.05, 4.69) is 10.3 Å². The van der Waals surface area contributed by atoms with E-state index in [1.165, 1.54) is 22.7 Å². The molecule has 162 valence electrons. The molecular weight excluding hydrogens is 448 g/mol. The van der Waals surface area contributed by atoms with Crippen molar-refractivity contribution in [1.29, 1.82) is 0 Å². The Morgan fingerprint density at radius 1 is 0.969 bits per heavy atom. The number of thiophene rings is 2. The van der Waals surface area contributed by atoms with Gasteiger partial charge in [-0.05, 0) is 30.5 Å². The van der Waals surface area contributed by atoms with Crippen LogP contribution in [0.3, 0.4) is 0 Å². The average Bonchev–Trinajstić information content (AvgIpc) is 3.47. The number of fused-ring (bicyclic) bond motifs is 1. The quantitative estimate of drug-likeness (QED) is 0.385. The predicted octanol–water partition coefficient (Wildman–Crippen LogP) is 5.00. The van der Waals surface area contributed by atoms with Gasteiger partial charge in [-0.3, -0.25) is 4.79 Å². The molecule has 0 aliphatic carbocycles. The van der Waals surface area contributed by atoms with Gasteiger partial charge in [0.25, 0.3) is 5.91 Å². The number of nitrogens with one attached hydrogen (secondary N) is 1. The number of hydrogen-bond donors (Lipinski definition) is 1. The van der Waals surface area contributed by atoms with Gasteiger partial charge < -0.3 is 14.8 Å². The number of pyridine rings is 1. The minimum atomic E-state index is -0.707. The SMILES string of the molecule is CCOC(=O)c1c(-c2cccs2)csc1NC(=O)COC(=O)c1ccc2ccccc2n1. The molecule has 0 saturated heterocycles. The van der Waals surface area contributed by atoms with Gasteiger partial charge >= 0.3 is 11.9 Å². The highest BCUT2D eigenvalue weighted by molar-refractivity contribution is 7.17. The smallest absolute Gasteiger partial charge is 0.357 e. The van der Waals surface area contributed by atoms with Crippen molar-refractivity contribution >= 4 is 56.4 Å². The summed E-state index contributed by atoms with van der Waals surface area (Å²) >= 11 is 2.69. The molecule has 4 aromatic rings. The van der Waals surface area contributed by atoms with Crippen molar-refractivity contribution in [1.82, 2.24) is 4.98 Å². The molecule has 1 amide bonds. The predicted molar refractivity (Wildman–Crippen MR) is 124 cm³/mol. The van der Waals surface area contributed by atoms with Gasteiger partial charge in [-0.25, -0.2) is 14.6 Å². The normalized spacial score (nSPS) is 10.7. The lowest BCUT2D eigenvalue weighted by Crippen LogP contribution is -2.22. The van der Waals surface area contributed by atoms with Gasteiger partial charge in [0.1, 0.15) is 16.3 Å². The fraction of sp³-hybridized carbons (Fsp3) is 0.130. The first-order chi connectivity index (χ1) is 15.6. The van der Waals surface area contributed by atoms with Gasteiger partial charge in [-0.1, -0.05) is 30.3 Å². The van der Waals surface area contributed by atoms with Crippen LogP contribution in [0.5, 0.6) is 0 Å². The standard InChI is InChI=1S/C23H18N2O5S2/c1-2-29-23(28)20-15(18-8-5-11-31-18)13-32-21(20)25-19(26)12-30-22(27)17-10-9-14-6-3-4-7-16(14)24-17/h3-11,13H,2,12H2,1H3,(H,25,26). The second-order valence-corrected chi connectivity index (χ2v) is 8.39. The molecule has 0 bridgehead atoms. The van der Waals surface area contributed by atoms with Crippen LogP contribution in [0, 0.1) is 0 Å². The number of ether oxygens (including phenoxy) is 2. The molecule has 0 spiro atoms. The van der Waals surface area contributed by atoms with Crippen LogP contribution >= 0.6 is 22.7 Å². The second-order valence-electron chi connectivity index (χ2n) is 6.56. The van der Waals surface area contributed by atoms with E-state index in [1.807, 2.05) is 35.7 Å². The number of esters is 2. The second kappa shape index (κ2) is 9.71. The highest BCUT2D eigenvalue weighted by Crippen LogP contribution is 2.38. The van der Waals surface area contributed by atoms with E-state index in [0.717, 1.165) is 10.3 Å². The number of amides is 1. The lowest BCUT2D eigenvalue weighted by Gasteiger charge is -2.09. The van der Waals surface area contributed by atoms with Gasteiger partial charge in [-0.2, -0.15) is 0 Å². The number of benzene rings is 1. The third-order valence-electron chi connectivity index (χ3n) is 4.45. The molecule has 1 N–H and O–H groups in total. The maximum absolute atomic E-state index is 12.5. The highest BCUT2D eigenvalue weighted by atomic mass is 32.1. The van der Waals surface area contributed by atoms with E-state index in [9.17, 15) is 14.4 Å². The van der Waals surface area contributed by atoms with Gasteiger partial charge in [0.2, 0.25) is 0 Å². The zero-order valence-electron chi connectivity index (χ0n) is 17.0. The number of hydrogen-bond acceptors (Lipinski definition) is 8. The van der Waals surface area contributed by atoms with Crippen LogP contribution in [0.2, 0.25) is 0 Å². The van der Waals surface area contributed by atoms with Crippen LogP contribution in [0.15, 0.2) is 59.3 Å². The van der Waals surface area contributed by atoms with E-state index < -0.39 is 24.5 Å². The summed E-state index contributed by atoms with van der Waals surface area (Å²) in [6, 6.07) is 14.5. The summed E-state index contributed by atoms with van der Waals surface area (Å²) in [6.45, 7) is 1.41. The summed E-state index contributed by atoms with van der Waals surface area (Å²) < 4.78 is 10.3. The lowest BCUT2D eigenvalue weighted by molar-refractivity contribution is -0.119. The molecule has 3 heterocycles. The summed E-state index contributed by atoms with van der Waals surface area (Å²) in [4.78, 5) is 42.4. The molecule has 4 rings (SSSR count). The summed E-state index contributed by atoms with van der Waals surface area (Å²) in [5, 5.41) is 7.59. The Balaban J connectivity index is 1.45. The van der Waals surface area contributed by atoms with Crippen molar-refractivity contribution < 1.29 is 23.9 Å². The average molecular weight is 467 g/mol. The number of aromatic nitrogens is 1. The summed E-state index contributed by atoms with van der Waals surface area (Å²) in [7, 11) is 0. The molecule has 0 aliphatic heterocycles.